The molecule has 1 nitrogen and oxygen atoms in total. The van der Waals surface area contributed by atoms with Crippen molar-refractivity contribution >= 4 is 17.1 Å². The second-order valence-corrected chi connectivity index (χ2v) is 5.56. The summed E-state index contributed by atoms with van der Waals surface area (Å²) in [6.07, 6.45) is 0.993. The molecule has 78 valence electrons. The Labute approximate surface area is 87.5 Å². The molecule has 0 fully saturated rings. The first kappa shape index (κ1) is 13.1. The van der Waals surface area contributed by atoms with E-state index in [4.69, 9.17) is 12.2 Å². The van der Waals surface area contributed by atoms with Gasteiger partial charge in [0.15, 0.2) is 0 Å². The van der Waals surface area contributed by atoms with E-state index in [0.29, 0.717) is 5.92 Å². The van der Waals surface area contributed by atoms with Crippen molar-refractivity contribution in [1.82, 2.24) is 0 Å². The Morgan fingerprint density at radius 2 is 1.77 bits per heavy atom. The minimum atomic E-state index is 0.0393. The molecule has 0 rings (SSSR count). The average Bonchev–Trinajstić information content (AvgIpc) is 1.96. The first-order chi connectivity index (χ1) is 5.79. The van der Waals surface area contributed by atoms with Gasteiger partial charge >= 0.3 is 0 Å². The lowest BCUT2D eigenvalue weighted by Gasteiger charge is -2.27. The minimum Gasteiger partial charge on any atom is -0.396 e. The van der Waals surface area contributed by atoms with Crippen LogP contribution in [0.1, 0.15) is 41.0 Å². The second kappa shape index (κ2) is 5.06. The van der Waals surface area contributed by atoms with Gasteiger partial charge in [-0.25, -0.2) is 0 Å². The van der Waals surface area contributed by atoms with Gasteiger partial charge in [0.1, 0.15) is 0 Å². The summed E-state index contributed by atoms with van der Waals surface area (Å²) in [5.41, 5.74) is 0.0393. The van der Waals surface area contributed by atoms with Crippen LogP contribution in [0.25, 0.3) is 0 Å². The van der Waals surface area contributed by atoms with E-state index in [2.05, 4.69) is 34.6 Å². The van der Waals surface area contributed by atoms with Gasteiger partial charge in [0.25, 0.3) is 0 Å². The molecule has 1 N–H and O–H groups in total. The van der Waals surface area contributed by atoms with Crippen molar-refractivity contribution < 1.29 is 5.11 Å². The maximum atomic E-state index is 9.22. The van der Waals surface area contributed by atoms with Crippen LogP contribution in [0.2, 0.25) is 0 Å². The fraction of sp³-hybridized carbons (Fsp3) is 0.909. The fourth-order valence-electron chi connectivity index (χ4n) is 1.45. The zero-order chi connectivity index (χ0) is 10.6. The fourth-order valence-corrected chi connectivity index (χ4v) is 1.62. The number of hydrogen-bond donors (Lipinski definition) is 1. The van der Waals surface area contributed by atoms with E-state index in [1.54, 1.807) is 0 Å². The van der Waals surface area contributed by atoms with Gasteiger partial charge in [-0.3, -0.25) is 0 Å². The van der Waals surface area contributed by atoms with Gasteiger partial charge in [0, 0.05) is 10.8 Å². The first-order valence-corrected chi connectivity index (χ1v) is 5.35. The molecule has 0 amide bonds. The van der Waals surface area contributed by atoms with Crippen molar-refractivity contribution in [1.29, 1.82) is 0 Å². The second-order valence-electron chi connectivity index (χ2n) is 5.12. The third kappa shape index (κ3) is 4.72. The lowest BCUT2D eigenvalue weighted by atomic mass is 9.81. The van der Waals surface area contributed by atoms with Crippen molar-refractivity contribution in [2.45, 2.75) is 41.0 Å². The van der Waals surface area contributed by atoms with Crippen LogP contribution in [0.4, 0.5) is 0 Å². The lowest BCUT2D eigenvalue weighted by molar-refractivity contribution is 0.240. The van der Waals surface area contributed by atoms with Crippen LogP contribution in [0, 0.1) is 17.3 Å². The van der Waals surface area contributed by atoms with Crippen molar-refractivity contribution in [2.75, 3.05) is 6.61 Å². The maximum absolute atomic E-state index is 9.22. The molecule has 0 aromatic carbocycles. The minimum absolute atomic E-state index is 0.0393. The van der Waals surface area contributed by atoms with E-state index in [-0.39, 0.29) is 17.9 Å². The van der Waals surface area contributed by atoms with Gasteiger partial charge in [-0.15, -0.1) is 0 Å². The van der Waals surface area contributed by atoms with Crippen LogP contribution in [-0.4, -0.2) is 16.6 Å². The molecule has 0 saturated carbocycles. The first-order valence-electron chi connectivity index (χ1n) is 4.94. The number of aliphatic hydroxyl groups is 1. The van der Waals surface area contributed by atoms with Gasteiger partial charge in [0.05, 0.1) is 6.61 Å². The number of hydrogen-bond acceptors (Lipinski definition) is 2. The number of rotatable bonds is 4. The molecule has 0 aliphatic rings. The largest absolute Gasteiger partial charge is 0.396 e. The van der Waals surface area contributed by atoms with Gasteiger partial charge in [-0.1, -0.05) is 46.8 Å². The molecule has 0 unspecified atom stereocenters. The lowest BCUT2D eigenvalue weighted by Crippen LogP contribution is -2.29. The van der Waals surface area contributed by atoms with Crippen LogP contribution in [0.3, 0.4) is 0 Å². The average molecular weight is 202 g/mol. The predicted octanol–water partition coefficient (Wildman–Crippen LogP) is 3.06. The van der Waals surface area contributed by atoms with Gasteiger partial charge in [0.2, 0.25) is 0 Å². The summed E-state index contributed by atoms with van der Waals surface area (Å²) in [6.45, 7) is 10.8. The van der Waals surface area contributed by atoms with E-state index in [1.807, 2.05) is 0 Å². The molecule has 0 aromatic heterocycles. The predicted molar refractivity (Wildman–Crippen MR) is 62.1 cm³/mol. The summed E-state index contributed by atoms with van der Waals surface area (Å²) in [7, 11) is 0. The summed E-state index contributed by atoms with van der Waals surface area (Å²) < 4.78 is 0. The van der Waals surface area contributed by atoms with E-state index in [0.717, 1.165) is 11.3 Å². The quantitative estimate of drug-likeness (QED) is 0.707. The number of aliphatic hydroxyl groups excluding tert-OH is 1. The molecule has 0 aliphatic heterocycles. The molecule has 0 radical (unpaired) electrons. The highest BCUT2D eigenvalue weighted by Gasteiger charge is 2.25. The normalized spacial score (nSPS) is 14.7. The zero-order valence-corrected chi connectivity index (χ0v) is 10.2. The van der Waals surface area contributed by atoms with E-state index in [9.17, 15) is 5.11 Å². The topological polar surface area (TPSA) is 20.2 Å². The van der Waals surface area contributed by atoms with Gasteiger partial charge in [-0.2, -0.15) is 0 Å². The van der Waals surface area contributed by atoms with Crippen molar-refractivity contribution in [2.24, 2.45) is 17.3 Å². The van der Waals surface area contributed by atoms with Gasteiger partial charge < -0.3 is 5.11 Å². The summed E-state index contributed by atoms with van der Waals surface area (Å²) in [6, 6.07) is 0. The summed E-state index contributed by atoms with van der Waals surface area (Å²) in [5, 5.41) is 9.22. The Morgan fingerprint density at radius 1 is 1.31 bits per heavy atom. The van der Waals surface area contributed by atoms with Crippen molar-refractivity contribution in [3.8, 4) is 0 Å². The van der Waals surface area contributed by atoms with E-state index in [1.165, 1.54) is 0 Å². The summed E-state index contributed by atoms with van der Waals surface area (Å²) >= 11 is 5.37. The van der Waals surface area contributed by atoms with Crippen molar-refractivity contribution in [3.05, 3.63) is 0 Å². The third-order valence-electron chi connectivity index (χ3n) is 2.09. The van der Waals surface area contributed by atoms with Crippen molar-refractivity contribution in [3.63, 3.8) is 0 Å². The summed E-state index contributed by atoms with van der Waals surface area (Å²) in [5.74, 6) is 0.785. The zero-order valence-electron chi connectivity index (χ0n) is 9.42. The molecule has 0 saturated heterocycles. The number of thiocarbonyl (C=S) groups is 1. The molecule has 0 aliphatic carbocycles. The molecule has 0 spiro atoms. The molecule has 2 heteroatoms. The van der Waals surface area contributed by atoms with Crippen LogP contribution in [-0.2, 0) is 0 Å². The molecule has 0 aromatic rings. The van der Waals surface area contributed by atoms with E-state index >= 15 is 0 Å². The highest BCUT2D eigenvalue weighted by molar-refractivity contribution is 7.80. The summed E-state index contributed by atoms with van der Waals surface area (Å²) in [4.78, 5) is 1.00. The third-order valence-corrected chi connectivity index (χ3v) is 3.03. The van der Waals surface area contributed by atoms with Gasteiger partial charge in [-0.05, 0) is 17.8 Å². The molecule has 0 heterocycles. The van der Waals surface area contributed by atoms with Crippen LogP contribution in [0.5, 0.6) is 0 Å². The SMILES string of the molecule is CC(C)C[C@@H](CO)C(=S)C(C)(C)C. The van der Waals surface area contributed by atoms with Crippen LogP contribution in [0.15, 0.2) is 0 Å². The Kier molecular flexibility index (Phi) is 5.08. The van der Waals surface area contributed by atoms with Crippen LogP contribution >= 0.6 is 12.2 Å². The Bertz CT molecular complexity index is 167. The standard InChI is InChI=1S/C11H22OS/c1-8(2)6-9(7-12)10(13)11(3,4)5/h8-9,12H,6-7H2,1-5H3/t9-/m0/s1. The Balaban J connectivity index is 4.33. The molecule has 1 atom stereocenters. The molecule has 13 heavy (non-hydrogen) atoms. The maximum Gasteiger partial charge on any atom is 0.0505 e. The molecule has 0 bridgehead atoms. The monoisotopic (exact) mass is 202 g/mol. The molecular weight excluding hydrogens is 180 g/mol. The highest BCUT2D eigenvalue weighted by Crippen LogP contribution is 2.25. The van der Waals surface area contributed by atoms with Crippen LogP contribution < -0.4 is 0 Å². The molecular formula is C11H22OS. The Morgan fingerprint density at radius 3 is 2.00 bits per heavy atom. The highest BCUT2D eigenvalue weighted by atomic mass is 32.1. The Hall–Kier alpha value is 0.0500. The van der Waals surface area contributed by atoms with E-state index < -0.39 is 0 Å². The smallest absolute Gasteiger partial charge is 0.0505 e.